The van der Waals surface area contributed by atoms with E-state index in [0.29, 0.717) is 5.56 Å². The number of pyridine rings is 1. The second kappa shape index (κ2) is 6.69. The van der Waals surface area contributed by atoms with E-state index in [4.69, 9.17) is 0 Å². The maximum Gasteiger partial charge on any atom is 0.258 e. The monoisotopic (exact) mass is 309 g/mol. The van der Waals surface area contributed by atoms with Crippen LogP contribution in [0.15, 0.2) is 47.3 Å². The van der Waals surface area contributed by atoms with E-state index >= 15 is 0 Å². The number of para-hydroxylation sites is 1. The van der Waals surface area contributed by atoms with Gasteiger partial charge in [-0.15, -0.1) is 0 Å². The molecule has 1 aromatic heterocycles. The van der Waals surface area contributed by atoms with E-state index in [2.05, 4.69) is 0 Å². The number of rotatable bonds is 1. The molecule has 0 bridgehead atoms. The van der Waals surface area contributed by atoms with Gasteiger partial charge < -0.3 is 9.67 Å². The third-order valence-corrected chi connectivity index (χ3v) is 3.92. The van der Waals surface area contributed by atoms with Gasteiger partial charge in [0.2, 0.25) is 0 Å². The zero-order valence-electron chi connectivity index (χ0n) is 14.3. The number of aromatic hydroxyl groups is 1. The number of hydrogen-bond donors (Lipinski definition) is 1. The Hall–Kier alpha value is -2.55. The Balaban J connectivity index is 0.000000924. The number of fused-ring (bicyclic) bond motifs is 1. The minimum absolute atomic E-state index is 0.0226. The Bertz CT molecular complexity index is 884. The molecule has 0 atom stereocenters. The van der Waals surface area contributed by atoms with E-state index in [1.807, 2.05) is 58.0 Å². The van der Waals surface area contributed by atoms with Crippen LogP contribution in [-0.2, 0) is 7.05 Å². The molecule has 0 saturated heterocycles. The molecular weight excluding hydrogens is 286 g/mol. The van der Waals surface area contributed by atoms with Gasteiger partial charge in [0.05, 0.1) is 5.52 Å². The summed E-state index contributed by atoms with van der Waals surface area (Å²) in [6.07, 6.45) is 0. The molecule has 3 heteroatoms. The van der Waals surface area contributed by atoms with Crippen LogP contribution in [0.4, 0.5) is 0 Å². The summed E-state index contributed by atoms with van der Waals surface area (Å²) in [6.45, 7) is 7.83. The first-order valence-electron chi connectivity index (χ1n) is 7.88. The number of benzene rings is 2. The van der Waals surface area contributed by atoms with Crippen LogP contribution in [0.5, 0.6) is 5.75 Å². The van der Waals surface area contributed by atoms with Crippen molar-refractivity contribution in [3.63, 3.8) is 0 Å². The van der Waals surface area contributed by atoms with Gasteiger partial charge in [0, 0.05) is 12.6 Å². The fraction of sp³-hybridized carbons (Fsp3) is 0.250. The summed E-state index contributed by atoms with van der Waals surface area (Å²) in [4.78, 5) is 12.7. The van der Waals surface area contributed by atoms with Crippen molar-refractivity contribution in [2.24, 2.45) is 7.05 Å². The number of hydrogen-bond acceptors (Lipinski definition) is 2. The molecule has 3 nitrogen and oxygen atoms in total. The topological polar surface area (TPSA) is 42.2 Å². The van der Waals surface area contributed by atoms with Crippen molar-refractivity contribution in [1.29, 1.82) is 0 Å². The summed E-state index contributed by atoms with van der Waals surface area (Å²) in [7, 11) is 1.79. The molecule has 120 valence electrons. The average Bonchev–Trinajstić information content (AvgIpc) is 2.53. The molecule has 0 aliphatic heterocycles. The Morgan fingerprint density at radius 2 is 1.52 bits per heavy atom. The zero-order valence-corrected chi connectivity index (χ0v) is 14.3. The minimum atomic E-state index is -0.0226. The molecule has 1 N–H and O–H groups in total. The summed E-state index contributed by atoms with van der Waals surface area (Å²) in [5.74, 6) is 0.228. The molecular formula is C20H23NO2. The summed E-state index contributed by atoms with van der Waals surface area (Å²) in [6, 6.07) is 13.2. The molecule has 0 spiro atoms. The van der Waals surface area contributed by atoms with Crippen molar-refractivity contribution in [1.82, 2.24) is 4.57 Å². The molecule has 0 radical (unpaired) electrons. The van der Waals surface area contributed by atoms with Gasteiger partial charge in [-0.2, -0.15) is 0 Å². The minimum Gasteiger partial charge on any atom is -0.508 e. The lowest BCUT2D eigenvalue weighted by Crippen LogP contribution is -2.19. The molecule has 0 fully saturated rings. The van der Waals surface area contributed by atoms with Crippen LogP contribution in [0.25, 0.3) is 22.0 Å². The molecule has 3 aromatic rings. The first-order chi connectivity index (χ1) is 11.0. The summed E-state index contributed by atoms with van der Waals surface area (Å²) >= 11 is 0. The second-order valence-corrected chi connectivity index (χ2v) is 5.44. The Kier molecular flexibility index (Phi) is 4.89. The highest BCUT2D eigenvalue weighted by atomic mass is 16.3. The van der Waals surface area contributed by atoms with E-state index in [1.54, 1.807) is 23.7 Å². The van der Waals surface area contributed by atoms with E-state index in [0.717, 1.165) is 27.6 Å². The lowest BCUT2D eigenvalue weighted by atomic mass is 9.95. The van der Waals surface area contributed by atoms with Gasteiger partial charge in [-0.05, 0) is 60.2 Å². The first kappa shape index (κ1) is 16.8. The third kappa shape index (κ3) is 3.00. The predicted molar refractivity (Wildman–Crippen MR) is 97.1 cm³/mol. The van der Waals surface area contributed by atoms with E-state index in [9.17, 15) is 9.90 Å². The highest BCUT2D eigenvalue weighted by Crippen LogP contribution is 2.30. The lowest BCUT2D eigenvalue weighted by molar-refractivity contribution is 0.474. The first-order valence-corrected chi connectivity index (χ1v) is 7.88. The largest absolute Gasteiger partial charge is 0.508 e. The van der Waals surface area contributed by atoms with Gasteiger partial charge in [-0.25, -0.2) is 0 Å². The van der Waals surface area contributed by atoms with Gasteiger partial charge in [0.1, 0.15) is 5.75 Å². The quantitative estimate of drug-likeness (QED) is 0.716. The standard InChI is InChI=1S/C18H17NO2.C2H6/c1-11-8-14(20)9-12(2)17(11)15-10-13-6-4-5-7-16(13)19(3)18(15)21;1-2/h4-10,20H,1-3H3;1-2H3. The molecule has 0 unspecified atom stereocenters. The summed E-state index contributed by atoms with van der Waals surface area (Å²) in [5, 5.41) is 10.7. The van der Waals surface area contributed by atoms with Crippen molar-refractivity contribution < 1.29 is 5.11 Å². The van der Waals surface area contributed by atoms with E-state index < -0.39 is 0 Å². The number of aromatic nitrogens is 1. The van der Waals surface area contributed by atoms with Gasteiger partial charge in [-0.1, -0.05) is 32.0 Å². The van der Waals surface area contributed by atoms with Gasteiger partial charge in [0.25, 0.3) is 5.56 Å². The van der Waals surface area contributed by atoms with Crippen LogP contribution in [0, 0.1) is 13.8 Å². The van der Waals surface area contributed by atoms with Gasteiger partial charge in [0.15, 0.2) is 0 Å². The highest BCUT2D eigenvalue weighted by Gasteiger charge is 2.13. The Morgan fingerprint density at radius 3 is 2.13 bits per heavy atom. The average molecular weight is 309 g/mol. The summed E-state index contributed by atoms with van der Waals surface area (Å²) < 4.78 is 1.68. The van der Waals surface area contributed by atoms with Crippen LogP contribution in [-0.4, -0.2) is 9.67 Å². The third-order valence-electron chi connectivity index (χ3n) is 3.92. The lowest BCUT2D eigenvalue weighted by Gasteiger charge is -2.13. The maximum atomic E-state index is 12.7. The Labute approximate surface area is 136 Å². The number of phenolic OH excluding ortho intramolecular Hbond substituents is 1. The van der Waals surface area contributed by atoms with Crippen LogP contribution in [0.1, 0.15) is 25.0 Å². The second-order valence-electron chi connectivity index (χ2n) is 5.44. The number of aryl methyl sites for hydroxylation is 3. The summed E-state index contributed by atoms with van der Waals surface area (Å²) in [5.41, 5.74) is 4.27. The molecule has 23 heavy (non-hydrogen) atoms. The molecule has 2 aromatic carbocycles. The fourth-order valence-electron chi connectivity index (χ4n) is 2.97. The maximum absolute atomic E-state index is 12.7. The van der Waals surface area contributed by atoms with Crippen LogP contribution < -0.4 is 5.56 Å². The van der Waals surface area contributed by atoms with Gasteiger partial charge >= 0.3 is 0 Å². The fourth-order valence-corrected chi connectivity index (χ4v) is 2.97. The molecule has 1 heterocycles. The Morgan fingerprint density at radius 1 is 0.957 bits per heavy atom. The van der Waals surface area contributed by atoms with Crippen molar-refractivity contribution in [3.8, 4) is 16.9 Å². The molecule has 0 saturated carbocycles. The van der Waals surface area contributed by atoms with E-state index in [1.165, 1.54) is 0 Å². The molecule has 0 amide bonds. The molecule has 0 aliphatic rings. The predicted octanol–water partition coefficient (Wildman–Crippen LogP) is 4.55. The molecule has 0 aliphatic carbocycles. The zero-order chi connectivity index (χ0) is 17.1. The number of nitrogens with zero attached hydrogens (tertiary/aromatic N) is 1. The normalized spacial score (nSPS) is 10.3. The number of phenols is 1. The van der Waals surface area contributed by atoms with E-state index in [-0.39, 0.29) is 11.3 Å². The van der Waals surface area contributed by atoms with Crippen molar-refractivity contribution in [2.45, 2.75) is 27.7 Å². The van der Waals surface area contributed by atoms with Crippen molar-refractivity contribution >= 4 is 10.9 Å². The molecule has 3 rings (SSSR count). The van der Waals surface area contributed by atoms with Crippen molar-refractivity contribution in [3.05, 3.63) is 63.9 Å². The van der Waals surface area contributed by atoms with Gasteiger partial charge in [-0.3, -0.25) is 4.79 Å². The van der Waals surface area contributed by atoms with Crippen LogP contribution in [0.2, 0.25) is 0 Å². The van der Waals surface area contributed by atoms with Crippen LogP contribution in [0.3, 0.4) is 0 Å². The van der Waals surface area contributed by atoms with Crippen molar-refractivity contribution in [2.75, 3.05) is 0 Å². The highest BCUT2D eigenvalue weighted by molar-refractivity contribution is 5.85. The van der Waals surface area contributed by atoms with Crippen LogP contribution >= 0.6 is 0 Å². The SMILES string of the molecule is CC.Cc1cc(O)cc(C)c1-c1cc2ccccc2n(C)c1=O. The smallest absolute Gasteiger partial charge is 0.258 e.